The minimum atomic E-state index is -0.430. The topological polar surface area (TPSA) is 96.2 Å². The lowest BCUT2D eigenvalue weighted by atomic mass is 10.1. The first kappa shape index (κ1) is 24.7. The van der Waals surface area contributed by atoms with Crippen molar-refractivity contribution in [2.24, 2.45) is 0 Å². The molecule has 0 aliphatic rings. The summed E-state index contributed by atoms with van der Waals surface area (Å²) in [6.45, 7) is 3.96. The summed E-state index contributed by atoms with van der Waals surface area (Å²) in [5, 5.41) is 3.10. The minimum absolute atomic E-state index is 0.0691. The summed E-state index contributed by atoms with van der Waals surface area (Å²) in [4.78, 5) is 26.0. The maximum absolute atomic E-state index is 13.4. The second-order valence-electron chi connectivity index (χ2n) is 7.95. The predicted octanol–water partition coefficient (Wildman–Crippen LogP) is 5.20. The number of rotatable bonds is 9. The highest BCUT2D eigenvalue weighted by molar-refractivity contribution is 5.92. The van der Waals surface area contributed by atoms with Crippen molar-refractivity contribution in [1.82, 2.24) is 0 Å². The lowest BCUT2D eigenvalue weighted by Crippen LogP contribution is -2.22. The zero-order valence-electron chi connectivity index (χ0n) is 20.5. The molecule has 0 radical (unpaired) electrons. The molecule has 0 atom stereocenters. The van der Waals surface area contributed by atoms with Gasteiger partial charge >= 0.3 is 0 Å². The van der Waals surface area contributed by atoms with E-state index in [0.29, 0.717) is 46.1 Å². The first-order valence-electron chi connectivity index (χ1n) is 11.4. The van der Waals surface area contributed by atoms with E-state index in [0.717, 1.165) is 5.56 Å². The molecule has 1 N–H and O–H groups in total. The summed E-state index contributed by atoms with van der Waals surface area (Å²) < 4.78 is 28.0. The maximum atomic E-state index is 13.4. The molecule has 0 aliphatic carbocycles. The van der Waals surface area contributed by atoms with Crippen molar-refractivity contribution in [2.45, 2.75) is 13.8 Å². The zero-order chi connectivity index (χ0) is 25.7. The molecule has 36 heavy (non-hydrogen) atoms. The van der Waals surface area contributed by atoms with Crippen molar-refractivity contribution < 1.29 is 28.2 Å². The van der Waals surface area contributed by atoms with E-state index in [2.05, 4.69) is 5.32 Å². The zero-order valence-corrected chi connectivity index (χ0v) is 20.5. The number of methoxy groups -OCH3 is 2. The van der Waals surface area contributed by atoms with Crippen LogP contribution in [0.4, 0.5) is 5.69 Å². The molecule has 8 nitrogen and oxygen atoms in total. The molecule has 186 valence electrons. The van der Waals surface area contributed by atoms with E-state index < -0.39 is 12.5 Å². The monoisotopic (exact) mass is 489 g/mol. The molecule has 4 rings (SSSR count). The van der Waals surface area contributed by atoms with Crippen LogP contribution in [0, 0.1) is 6.92 Å². The van der Waals surface area contributed by atoms with Gasteiger partial charge in [0.15, 0.2) is 23.9 Å². The molecule has 1 heterocycles. The number of ether oxygens (including phenoxy) is 4. The first-order valence-corrected chi connectivity index (χ1v) is 11.4. The summed E-state index contributed by atoms with van der Waals surface area (Å²) >= 11 is 0. The Morgan fingerprint density at radius 2 is 1.67 bits per heavy atom. The average molecular weight is 490 g/mol. The third-order valence-electron chi connectivity index (χ3n) is 5.45. The van der Waals surface area contributed by atoms with Gasteiger partial charge in [-0.15, -0.1) is 0 Å². The Bertz CT molecular complexity index is 1440. The highest BCUT2D eigenvalue weighted by Crippen LogP contribution is 2.36. The number of fused-ring (bicyclic) bond motifs is 1. The van der Waals surface area contributed by atoms with Gasteiger partial charge in [0.1, 0.15) is 11.3 Å². The molecule has 0 aliphatic heterocycles. The van der Waals surface area contributed by atoms with Crippen molar-refractivity contribution in [3.8, 4) is 34.3 Å². The van der Waals surface area contributed by atoms with Gasteiger partial charge in [-0.1, -0.05) is 6.07 Å². The Hall–Kier alpha value is -4.46. The fourth-order valence-electron chi connectivity index (χ4n) is 3.72. The average Bonchev–Trinajstić information content (AvgIpc) is 2.88. The molecule has 0 bridgehead atoms. The largest absolute Gasteiger partial charge is 0.494 e. The van der Waals surface area contributed by atoms with Gasteiger partial charge < -0.3 is 28.7 Å². The number of aryl methyl sites for hydroxylation is 1. The number of carbonyl (C=O) groups is 1. The number of amides is 1. The SMILES string of the molecule is CCOc1ccc(NC(=O)COc2c(-c3ccc(OC)c(OC)c3)oc3cc(C)ccc3c2=O)cc1. The molecule has 0 spiro atoms. The number of hydrogen-bond acceptors (Lipinski definition) is 7. The predicted molar refractivity (Wildman–Crippen MR) is 137 cm³/mol. The summed E-state index contributed by atoms with van der Waals surface area (Å²) in [5.74, 6) is 1.38. The first-order chi connectivity index (χ1) is 17.4. The Labute approximate surface area is 208 Å². The fraction of sp³-hybridized carbons (Fsp3) is 0.214. The molecule has 0 saturated carbocycles. The van der Waals surface area contributed by atoms with Crippen molar-refractivity contribution >= 4 is 22.6 Å². The Morgan fingerprint density at radius 1 is 0.917 bits per heavy atom. The van der Waals surface area contributed by atoms with Crippen molar-refractivity contribution in [2.75, 3.05) is 32.8 Å². The van der Waals surface area contributed by atoms with Gasteiger partial charge in [0.05, 0.1) is 26.2 Å². The maximum Gasteiger partial charge on any atom is 0.262 e. The van der Waals surface area contributed by atoms with E-state index in [1.807, 2.05) is 19.9 Å². The van der Waals surface area contributed by atoms with Gasteiger partial charge in [-0.05, 0) is 74.0 Å². The lowest BCUT2D eigenvalue weighted by molar-refractivity contribution is -0.118. The summed E-state index contributed by atoms with van der Waals surface area (Å²) in [6.07, 6.45) is 0. The van der Waals surface area contributed by atoms with Crippen molar-refractivity contribution in [1.29, 1.82) is 0 Å². The lowest BCUT2D eigenvalue weighted by Gasteiger charge is -2.14. The van der Waals surface area contributed by atoms with Gasteiger partial charge in [0.25, 0.3) is 5.91 Å². The van der Waals surface area contributed by atoms with Crippen LogP contribution in [0.15, 0.2) is 69.9 Å². The Balaban J connectivity index is 1.66. The molecule has 8 heteroatoms. The molecular formula is C28H27NO7. The molecule has 3 aromatic carbocycles. The molecule has 0 fully saturated rings. The van der Waals surface area contributed by atoms with Gasteiger partial charge in [0, 0.05) is 11.3 Å². The molecule has 1 aromatic heterocycles. The Morgan fingerprint density at radius 3 is 2.36 bits per heavy atom. The normalized spacial score (nSPS) is 10.7. The van der Waals surface area contributed by atoms with Crippen LogP contribution >= 0.6 is 0 Å². The van der Waals surface area contributed by atoms with E-state index in [4.69, 9.17) is 23.4 Å². The van der Waals surface area contributed by atoms with E-state index in [-0.39, 0.29) is 16.9 Å². The number of nitrogens with one attached hydrogen (secondary N) is 1. The molecule has 4 aromatic rings. The van der Waals surface area contributed by atoms with Gasteiger partial charge in [-0.2, -0.15) is 0 Å². The van der Waals surface area contributed by atoms with Gasteiger partial charge in [0.2, 0.25) is 11.2 Å². The van der Waals surface area contributed by atoms with Crippen LogP contribution in [-0.2, 0) is 4.79 Å². The van der Waals surface area contributed by atoms with Crippen LogP contribution in [-0.4, -0.2) is 33.3 Å². The van der Waals surface area contributed by atoms with E-state index in [1.165, 1.54) is 14.2 Å². The molecule has 0 unspecified atom stereocenters. The fourth-order valence-corrected chi connectivity index (χ4v) is 3.72. The summed E-state index contributed by atoms with van der Waals surface area (Å²) in [5.41, 5.74) is 2.08. The highest BCUT2D eigenvalue weighted by atomic mass is 16.5. The quantitative estimate of drug-likeness (QED) is 0.345. The number of hydrogen-bond donors (Lipinski definition) is 1. The van der Waals surface area contributed by atoms with Crippen LogP contribution in [0.2, 0.25) is 0 Å². The number of carbonyl (C=O) groups excluding carboxylic acids is 1. The van der Waals surface area contributed by atoms with Gasteiger partial charge in [-0.25, -0.2) is 0 Å². The van der Waals surface area contributed by atoms with Crippen molar-refractivity contribution in [3.05, 3.63) is 76.5 Å². The van der Waals surface area contributed by atoms with E-state index in [9.17, 15) is 9.59 Å². The van der Waals surface area contributed by atoms with Crippen LogP contribution in [0.5, 0.6) is 23.0 Å². The third kappa shape index (κ3) is 5.27. The van der Waals surface area contributed by atoms with Crippen molar-refractivity contribution in [3.63, 3.8) is 0 Å². The minimum Gasteiger partial charge on any atom is -0.494 e. The Kier molecular flexibility index (Phi) is 7.44. The smallest absolute Gasteiger partial charge is 0.262 e. The van der Waals surface area contributed by atoms with Crippen LogP contribution in [0.1, 0.15) is 12.5 Å². The number of anilines is 1. The second kappa shape index (κ2) is 10.9. The van der Waals surface area contributed by atoms with E-state index >= 15 is 0 Å². The summed E-state index contributed by atoms with van der Waals surface area (Å²) in [7, 11) is 3.05. The standard InChI is InChI=1S/C28H27NO7/c1-5-34-20-10-8-19(9-11-20)29-25(30)16-35-28-26(31)21-12-6-17(2)14-23(21)36-27(28)18-7-13-22(32-3)24(15-18)33-4/h6-15H,5,16H2,1-4H3,(H,29,30). The molecule has 1 amide bonds. The third-order valence-corrected chi connectivity index (χ3v) is 5.45. The number of benzene rings is 3. The molecular weight excluding hydrogens is 462 g/mol. The highest BCUT2D eigenvalue weighted by Gasteiger charge is 2.20. The van der Waals surface area contributed by atoms with Crippen LogP contribution in [0.3, 0.4) is 0 Å². The van der Waals surface area contributed by atoms with Gasteiger partial charge in [-0.3, -0.25) is 9.59 Å². The summed E-state index contributed by atoms with van der Waals surface area (Å²) in [6, 6.07) is 17.4. The second-order valence-corrected chi connectivity index (χ2v) is 7.95. The van der Waals surface area contributed by atoms with Crippen LogP contribution < -0.4 is 29.7 Å². The molecule has 0 saturated heterocycles. The van der Waals surface area contributed by atoms with E-state index in [1.54, 1.807) is 54.6 Å². The van der Waals surface area contributed by atoms with Crippen LogP contribution in [0.25, 0.3) is 22.3 Å².